The van der Waals surface area contributed by atoms with E-state index in [1.807, 2.05) is 94.6 Å². The lowest BCUT2D eigenvalue weighted by molar-refractivity contribution is -0.508. The van der Waals surface area contributed by atoms with E-state index in [0.717, 1.165) is 55.0 Å². The molecule has 0 saturated carbocycles. The van der Waals surface area contributed by atoms with Crippen molar-refractivity contribution < 1.29 is 18.5 Å². The number of amides is 2. The summed E-state index contributed by atoms with van der Waals surface area (Å²) in [7, 11) is 0. The SMILES string of the molecule is CC(=O)N1c2cccc3ccc[n+](c23)[B-]1(c1ccccc1)c1ccccc1.CC(=O)N1c2cccc3ccc[n+](c23)[B-]1(c1ccccc1)c1ccccc1. The third-order valence-corrected chi connectivity index (χ3v) is 11.5. The molecular weight excluding hydrogens is 662 g/mol. The van der Waals surface area contributed by atoms with Crippen molar-refractivity contribution in [1.82, 2.24) is 0 Å². The second-order valence-corrected chi connectivity index (χ2v) is 14.2. The van der Waals surface area contributed by atoms with Gasteiger partial charge in [0.1, 0.15) is 12.4 Å². The Bertz CT molecular complexity index is 2420. The number of rotatable bonds is 4. The molecule has 54 heavy (non-hydrogen) atoms. The fourth-order valence-corrected chi connectivity index (χ4v) is 9.59. The summed E-state index contributed by atoms with van der Waals surface area (Å²) in [5, 5.41) is 2.27. The molecule has 6 aromatic carbocycles. The molecule has 8 heteroatoms. The molecule has 2 aliphatic rings. The van der Waals surface area contributed by atoms with Crippen molar-refractivity contribution in [3.63, 3.8) is 0 Å². The van der Waals surface area contributed by atoms with E-state index in [-0.39, 0.29) is 11.8 Å². The van der Waals surface area contributed by atoms with Crippen LogP contribution >= 0.6 is 0 Å². The smallest absolute Gasteiger partial charge is 0.412 e. The first-order chi connectivity index (χ1) is 26.5. The van der Waals surface area contributed by atoms with E-state index in [9.17, 15) is 9.59 Å². The van der Waals surface area contributed by atoms with Crippen molar-refractivity contribution in [1.29, 1.82) is 0 Å². The Labute approximate surface area is 315 Å². The van der Waals surface area contributed by atoms with E-state index in [0.29, 0.717) is 0 Å². The highest BCUT2D eigenvalue weighted by Gasteiger charge is 2.55. The second-order valence-electron chi connectivity index (χ2n) is 14.2. The summed E-state index contributed by atoms with van der Waals surface area (Å²) in [5.74, 6) is 0.0813. The van der Waals surface area contributed by atoms with Gasteiger partial charge in [-0.25, -0.2) is 0 Å². The molecule has 2 aromatic heterocycles. The van der Waals surface area contributed by atoms with Gasteiger partial charge in [0.15, 0.2) is 22.8 Å². The first-order valence-electron chi connectivity index (χ1n) is 18.5. The summed E-state index contributed by atoms with van der Waals surface area (Å²) < 4.78 is 4.60. The number of aromatic nitrogens is 2. The van der Waals surface area contributed by atoms with Crippen LogP contribution in [0.1, 0.15) is 13.8 Å². The van der Waals surface area contributed by atoms with Crippen LogP contribution < -0.4 is 40.4 Å². The van der Waals surface area contributed by atoms with Gasteiger partial charge >= 0.3 is 12.8 Å². The van der Waals surface area contributed by atoms with Crippen LogP contribution in [0.15, 0.2) is 194 Å². The van der Waals surface area contributed by atoms with Gasteiger partial charge in [-0.3, -0.25) is 9.59 Å². The molecule has 0 N–H and O–H groups in total. The van der Waals surface area contributed by atoms with Crippen LogP contribution in [0.3, 0.4) is 0 Å². The molecule has 0 bridgehead atoms. The van der Waals surface area contributed by atoms with Gasteiger partial charge in [0.25, 0.3) is 0 Å². The van der Waals surface area contributed by atoms with Crippen LogP contribution in [0.2, 0.25) is 0 Å². The minimum Gasteiger partial charge on any atom is -0.412 e. The fraction of sp³-hybridized carbons (Fsp3) is 0.0435. The summed E-state index contributed by atoms with van der Waals surface area (Å²) in [6.45, 7) is 3.32. The number of hydrogen-bond donors (Lipinski definition) is 0. The Balaban J connectivity index is 0.000000142. The molecule has 260 valence electrons. The molecule has 4 heterocycles. The summed E-state index contributed by atoms with van der Waals surface area (Å²) in [6.07, 6.45) is 0.881. The highest BCUT2D eigenvalue weighted by atomic mass is 16.2. The Hall–Kier alpha value is -6.79. The predicted molar refractivity (Wildman–Crippen MR) is 221 cm³/mol. The zero-order chi connectivity index (χ0) is 36.9. The van der Waals surface area contributed by atoms with Gasteiger partial charge in [-0.2, -0.15) is 0 Å². The Morgan fingerprint density at radius 2 is 0.685 bits per heavy atom. The molecule has 0 radical (unpaired) electrons. The Morgan fingerprint density at radius 1 is 0.389 bits per heavy atom. The molecule has 0 spiro atoms. The molecule has 0 saturated heterocycles. The number of nitrogens with zero attached hydrogens (tertiary/aromatic N) is 4. The molecule has 0 aliphatic carbocycles. The number of carbonyl (C=O) groups is 2. The van der Waals surface area contributed by atoms with Crippen LogP contribution in [0.4, 0.5) is 11.4 Å². The molecule has 10 rings (SSSR count). The van der Waals surface area contributed by atoms with Crippen molar-refractivity contribution in [3.05, 3.63) is 194 Å². The fourth-order valence-electron chi connectivity index (χ4n) is 9.59. The van der Waals surface area contributed by atoms with Crippen molar-refractivity contribution >= 4 is 79.7 Å². The van der Waals surface area contributed by atoms with Crippen LogP contribution in [-0.4, -0.2) is 24.6 Å². The lowest BCUT2D eigenvalue weighted by atomic mass is 9.36. The van der Waals surface area contributed by atoms with Gasteiger partial charge in [-0.1, -0.05) is 133 Å². The molecular formula is C46H38B2N4O2. The number of anilines is 2. The van der Waals surface area contributed by atoms with Crippen LogP contribution in [0.25, 0.3) is 21.8 Å². The maximum Gasteiger partial charge on any atom is 0.437 e. The maximum atomic E-state index is 13.0. The summed E-state index contributed by atoms with van der Waals surface area (Å²) >= 11 is 0. The van der Waals surface area contributed by atoms with Gasteiger partial charge in [0.2, 0.25) is 0 Å². The van der Waals surface area contributed by atoms with Gasteiger partial charge in [0.05, 0.1) is 11.4 Å². The minimum atomic E-state index is -1.67. The first-order valence-corrected chi connectivity index (χ1v) is 18.5. The average Bonchev–Trinajstić information content (AvgIpc) is 3.71. The second kappa shape index (κ2) is 13.0. The number of hydrogen-bond acceptors (Lipinski definition) is 2. The van der Waals surface area contributed by atoms with E-state index in [4.69, 9.17) is 0 Å². The highest BCUT2D eigenvalue weighted by Crippen LogP contribution is 2.35. The summed E-state index contributed by atoms with van der Waals surface area (Å²) in [6, 6.07) is 62.2. The van der Waals surface area contributed by atoms with Crippen LogP contribution in [0, 0.1) is 0 Å². The van der Waals surface area contributed by atoms with Crippen molar-refractivity contribution in [2.24, 2.45) is 0 Å². The summed E-state index contributed by atoms with van der Waals surface area (Å²) in [5.41, 5.74) is 8.60. The molecule has 6 nitrogen and oxygen atoms in total. The largest absolute Gasteiger partial charge is 0.437 e. The number of carbonyl (C=O) groups excluding carboxylic acids is 2. The van der Waals surface area contributed by atoms with Crippen molar-refractivity contribution in [2.75, 3.05) is 9.62 Å². The maximum absolute atomic E-state index is 13.0. The van der Waals surface area contributed by atoms with Crippen LogP contribution in [-0.2, 0) is 9.59 Å². The molecule has 0 atom stereocenters. The van der Waals surface area contributed by atoms with E-state index in [1.54, 1.807) is 13.8 Å². The molecule has 0 unspecified atom stereocenters. The number of para-hydroxylation sites is 2. The zero-order valence-electron chi connectivity index (χ0n) is 30.2. The van der Waals surface area contributed by atoms with E-state index in [2.05, 4.69) is 118 Å². The van der Waals surface area contributed by atoms with Crippen molar-refractivity contribution in [3.8, 4) is 0 Å². The monoisotopic (exact) mass is 700 g/mol. The van der Waals surface area contributed by atoms with E-state index < -0.39 is 12.8 Å². The van der Waals surface area contributed by atoms with Crippen LogP contribution in [0.5, 0.6) is 0 Å². The molecule has 8 aromatic rings. The third-order valence-electron chi connectivity index (χ3n) is 11.5. The summed E-state index contributed by atoms with van der Waals surface area (Å²) in [4.78, 5) is 30.1. The Kier molecular flexibility index (Phi) is 7.97. The molecule has 0 fully saturated rings. The highest BCUT2D eigenvalue weighted by molar-refractivity contribution is 7.02. The predicted octanol–water partition coefficient (Wildman–Crippen LogP) is 5.20. The first kappa shape index (κ1) is 33.1. The van der Waals surface area contributed by atoms with Gasteiger partial charge < -0.3 is 18.6 Å². The minimum absolute atomic E-state index is 0.0407. The number of pyridine rings is 2. The number of benzene rings is 6. The lowest BCUT2D eigenvalue weighted by Gasteiger charge is -2.40. The normalized spacial score (nSPS) is 14.5. The molecule has 2 aliphatic heterocycles. The topological polar surface area (TPSA) is 48.4 Å². The van der Waals surface area contributed by atoms with E-state index >= 15 is 0 Å². The zero-order valence-corrected chi connectivity index (χ0v) is 30.2. The van der Waals surface area contributed by atoms with E-state index in [1.165, 1.54) is 0 Å². The molecule has 2 amide bonds. The standard InChI is InChI=1S/2C23H19BN2O/c2*1-18(27)26-22-16-8-10-19-11-9-17-25(23(19)22)24(26,20-12-4-2-5-13-20)21-14-6-3-7-15-21/h2*2-17H,1H3. The third kappa shape index (κ3) is 4.69. The van der Waals surface area contributed by atoms with Gasteiger partial charge in [-0.15, -0.1) is 21.9 Å². The lowest BCUT2D eigenvalue weighted by Crippen LogP contribution is -2.85. The van der Waals surface area contributed by atoms with Gasteiger partial charge in [0, 0.05) is 24.6 Å². The average molecular weight is 700 g/mol. The van der Waals surface area contributed by atoms with Gasteiger partial charge in [-0.05, 0) is 48.5 Å². The Morgan fingerprint density at radius 3 is 0.981 bits per heavy atom. The quantitative estimate of drug-likeness (QED) is 0.238. The van der Waals surface area contributed by atoms with Crippen molar-refractivity contribution in [2.45, 2.75) is 13.8 Å².